The van der Waals surface area contributed by atoms with Crippen LogP contribution in [0, 0.1) is 0 Å². The van der Waals surface area contributed by atoms with E-state index in [-0.39, 0.29) is 0 Å². The first kappa shape index (κ1) is 30.2. The molecule has 2 nitrogen and oxygen atoms in total. The topological polar surface area (TPSA) is 17.0 Å². The number of nitrogens with zero attached hydrogens (tertiary/aromatic N) is 1. The largest absolute Gasteiger partial charge is 0.356 e. The molecule has 0 unspecified atom stereocenters. The van der Waals surface area contributed by atoms with Crippen LogP contribution in [0.5, 0.6) is 0 Å². The van der Waals surface area contributed by atoms with Crippen LogP contribution >= 0.6 is 0 Å². The smallest absolute Gasteiger partial charge is 0.0541 e. The number of benzene rings is 6. The van der Waals surface area contributed by atoms with Gasteiger partial charge in [0.1, 0.15) is 0 Å². The Balaban J connectivity index is 1.02. The van der Waals surface area contributed by atoms with Crippen molar-refractivity contribution >= 4 is 46.1 Å². The van der Waals surface area contributed by atoms with Gasteiger partial charge in [-0.15, -0.1) is 0 Å². The average Bonchev–Trinajstić information content (AvgIpc) is 3.48. The summed E-state index contributed by atoms with van der Waals surface area (Å²) >= 11 is 0. The Hall–Kier alpha value is -6.12. The van der Waals surface area contributed by atoms with E-state index in [1.165, 1.54) is 60.3 Å². The predicted molar refractivity (Wildman–Crippen MR) is 211 cm³/mol. The van der Waals surface area contributed by atoms with Gasteiger partial charge in [0.15, 0.2) is 0 Å². The van der Waals surface area contributed by atoms with Crippen molar-refractivity contribution in [1.29, 1.82) is 0 Å². The van der Waals surface area contributed by atoms with E-state index < -0.39 is 0 Å². The number of hydrogen-bond acceptors (Lipinski definition) is 1. The van der Waals surface area contributed by atoms with Gasteiger partial charge in [-0.3, -0.25) is 0 Å². The lowest BCUT2D eigenvalue weighted by Gasteiger charge is -2.14. The lowest BCUT2D eigenvalue weighted by Crippen LogP contribution is -2.29. The highest BCUT2D eigenvalue weighted by Crippen LogP contribution is 2.34. The highest BCUT2D eigenvalue weighted by Gasteiger charge is 2.15. The third-order valence-electron chi connectivity index (χ3n) is 9.56. The van der Waals surface area contributed by atoms with Crippen molar-refractivity contribution in [2.45, 2.75) is 19.8 Å². The molecule has 0 fully saturated rings. The molecule has 0 aliphatic heterocycles. The van der Waals surface area contributed by atoms with Crippen LogP contribution in [0.3, 0.4) is 0 Å². The second kappa shape index (κ2) is 13.2. The Morgan fingerprint density at radius 2 is 1.29 bits per heavy atom. The molecule has 0 atom stereocenters. The van der Waals surface area contributed by atoms with E-state index in [1.54, 1.807) is 0 Å². The minimum atomic E-state index is 1.06. The number of hydrogen-bond donors (Lipinski definition) is 1. The van der Waals surface area contributed by atoms with Crippen LogP contribution in [0.15, 0.2) is 158 Å². The standard InChI is InChI=1S/C47H38N2/c1-3-12-44-45-20-7-8-22-47(45)49(46(44)4-2)41-18-10-16-37(32-41)34-25-29-40(30-26-34)48-39-27-23-33(24-28-39)36-15-9-17-38(31-36)43-21-11-14-35-13-5-6-19-42(35)43/h3-10,12-20,22-32,48H,2,11,21H2,1H3/b12-3-. The van der Waals surface area contributed by atoms with Gasteiger partial charge < -0.3 is 9.88 Å². The van der Waals surface area contributed by atoms with Gasteiger partial charge in [0, 0.05) is 28.0 Å². The maximum atomic E-state index is 4.16. The minimum Gasteiger partial charge on any atom is -0.356 e. The molecule has 0 radical (unpaired) electrons. The maximum absolute atomic E-state index is 4.16. The fourth-order valence-corrected chi connectivity index (χ4v) is 7.23. The van der Waals surface area contributed by atoms with E-state index >= 15 is 0 Å². The molecule has 1 heterocycles. The summed E-state index contributed by atoms with van der Waals surface area (Å²) in [6, 6.07) is 52.5. The zero-order chi connectivity index (χ0) is 33.2. The summed E-state index contributed by atoms with van der Waals surface area (Å²) in [4.78, 5) is 0. The molecule has 8 rings (SSSR count). The zero-order valence-corrected chi connectivity index (χ0v) is 27.7. The molecule has 0 saturated carbocycles. The number of fused-ring (bicyclic) bond motifs is 2. The van der Waals surface area contributed by atoms with Crippen molar-refractivity contribution in [2.75, 3.05) is 5.32 Å². The van der Waals surface area contributed by atoms with Gasteiger partial charge in [0.2, 0.25) is 0 Å². The van der Waals surface area contributed by atoms with Crippen LogP contribution in [0.1, 0.15) is 36.6 Å². The molecule has 49 heavy (non-hydrogen) atoms. The van der Waals surface area contributed by atoms with Gasteiger partial charge in [-0.25, -0.2) is 0 Å². The Morgan fingerprint density at radius 1 is 0.633 bits per heavy atom. The minimum absolute atomic E-state index is 1.06. The predicted octanol–water partition coefficient (Wildman–Crippen LogP) is 11.2. The molecular formula is C47H38N2. The average molecular weight is 631 g/mol. The van der Waals surface area contributed by atoms with E-state index in [9.17, 15) is 0 Å². The Morgan fingerprint density at radius 3 is 2.02 bits per heavy atom. The van der Waals surface area contributed by atoms with Crippen molar-refractivity contribution in [3.8, 4) is 27.9 Å². The summed E-state index contributed by atoms with van der Waals surface area (Å²) in [5.41, 5.74) is 14.2. The number of para-hydroxylation sites is 1. The van der Waals surface area contributed by atoms with Gasteiger partial charge in [-0.05, 0) is 118 Å². The molecule has 1 N–H and O–H groups in total. The molecule has 2 heteroatoms. The highest BCUT2D eigenvalue weighted by molar-refractivity contribution is 5.95. The Bertz CT molecular complexity index is 2470. The van der Waals surface area contributed by atoms with Gasteiger partial charge >= 0.3 is 0 Å². The van der Waals surface area contributed by atoms with Gasteiger partial charge in [0.25, 0.3) is 0 Å². The van der Waals surface area contributed by atoms with E-state index in [0.717, 1.165) is 35.6 Å². The Labute approximate surface area is 288 Å². The van der Waals surface area contributed by atoms with Crippen molar-refractivity contribution in [3.63, 3.8) is 0 Å². The molecule has 1 aromatic heterocycles. The molecule has 236 valence electrons. The van der Waals surface area contributed by atoms with Crippen LogP contribution in [-0.4, -0.2) is 4.57 Å². The number of aromatic nitrogens is 1. The van der Waals surface area contributed by atoms with Crippen molar-refractivity contribution < 1.29 is 0 Å². The van der Waals surface area contributed by atoms with Crippen LogP contribution < -0.4 is 15.8 Å². The number of allylic oxidation sites excluding steroid dienone is 1. The van der Waals surface area contributed by atoms with E-state index in [1.807, 2.05) is 6.08 Å². The normalized spacial score (nSPS) is 12.6. The third kappa shape index (κ3) is 5.83. The summed E-state index contributed by atoms with van der Waals surface area (Å²) in [5, 5.41) is 7.52. The second-order valence-corrected chi connectivity index (χ2v) is 12.6. The zero-order valence-electron chi connectivity index (χ0n) is 27.7. The first-order chi connectivity index (χ1) is 24.2. The molecule has 1 aliphatic rings. The fraction of sp³-hybridized carbons (Fsp3) is 0.0638. The lowest BCUT2D eigenvalue weighted by molar-refractivity contribution is 1.08. The maximum Gasteiger partial charge on any atom is 0.0541 e. The van der Waals surface area contributed by atoms with Gasteiger partial charge in [-0.2, -0.15) is 0 Å². The molecule has 0 spiro atoms. The van der Waals surface area contributed by atoms with Gasteiger partial charge in [0.05, 0.1) is 11.2 Å². The fourth-order valence-electron chi connectivity index (χ4n) is 7.23. The van der Waals surface area contributed by atoms with Gasteiger partial charge in [-0.1, -0.05) is 122 Å². The monoisotopic (exact) mass is 630 g/mol. The lowest BCUT2D eigenvalue weighted by atomic mass is 9.91. The summed E-state index contributed by atoms with van der Waals surface area (Å²) in [6.07, 6.45) is 10.7. The molecule has 0 amide bonds. The van der Waals surface area contributed by atoms with E-state index in [0.29, 0.717) is 0 Å². The summed E-state index contributed by atoms with van der Waals surface area (Å²) in [7, 11) is 0. The van der Waals surface area contributed by atoms with Crippen molar-refractivity contribution in [2.24, 2.45) is 0 Å². The number of rotatable bonds is 8. The number of nitrogens with one attached hydrogen (secondary N) is 1. The van der Waals surface area contributed by atoms with Crippen molar-refractivity contribution in [1.82, 2.24) is 4.57 Å². The van der Waals surface area contributed by atoms with Crippen LogP contribution in [0.25, 0.3) is 62.6 Å². The first-order valence-electron chi connectivity index (χ1n) is 17.1. The summed E-state index contributed by atoms with van der Waals surface area (Å²) in [5.74, 6) is 0. The highest BCUT2D eigenvalue weighted by atomic mass is 15.0. The summed E-state index contributed by atoms with van der Waals surface area (Å²) in [6.45, 7) is 6.22. The van der Waals surface area contributed by atoms with Crippen LogP contribution in [-0.2, 0) is 0 Å². The quantitative estimate of drug-likeness (QED) is 0.177. The molecule has 6 aromatic carbocycles. The molecule has 0 saturated heterocycles. The molecular weight excluding hydrogens is 593 g/mol. The molecule has 1 aliphatic carbocycles. The summed E-state index contributed by atoms with van der Waals surface area (Å²) < 4.78 is 2.31. The molecule has 7 aromatic rings. The second-order valence-electron chi connectivity index (χ2n) is 12.6. The van der Waals surface area contributed by atoms with Crippen LogP contribution in [0.4, 0.5) is 11.4 Å². The van der Waals surface area contributed by atoms with Crippen molar-refractivity contribution in [3.05, 3.63) is 186 Å². The van der Waals surface area contributed by atoms with E-state index in [2.05, 4.69) is 187 Å². The van der Waals surface area contributed by atoms with Crippen LogP contribution in [0.2, 0.25) is 0 Å². The SMILES string of the molecule is C=Cc1c(/C=C\C)c2ccccc2n1-c1cccc(-c2ccc(Nc3ccc(-c4cccc(C5=c6ccccc6=CCC5)c4)cc3)cc2)c1. The Kier molecular flexibility index (Phi) is 8.13. The third-order valence-corrected chi connectivity index (χ3v) is 9.56. The molecule has 0 bridgehead atoms. The number of anilines is 2. The van der Waals surface area contributed by atoms with E-state index in [4.69, 9.17) is 0 Å². The first-order valence-corrected chi connectivity index (χ1v) is 17.1.